The first-order valence-electron chi connectivity index (χ1n) is 7.53. The number of nitrogens with one attached hydrogen (secondary N) is 1. The molecule has 1 aliphatic heterocycles. The molecule has 1 N–H and O–H groups in total. The van der Waals surface area contributed by atoms with E-state index in [1.165, 1.54) is 24.8 Å². The molecule has 0 atom stereocenters. The van der Waals surface area contributed by atoms with Gasteiger partial charge in [0, 0.05) is 32.7 Å². The number of hydrogen-bond donors (Lipinski definition) is 1. The normalized spacial score (nSPS) is 16.5. The van der Waals surface area contributed by atoms with Crippen LogP contribution < -0.4 is 10.1 Å². The second-order valence-electron chi connectivity index (χ2n) is 5.19. The summed E-state index contributed by atoms with van der Waals surface area (Å²) in [6, 6.07) is 8.58. The van der Waals surface area contributed by atoms with E-state index < -0.39 is 0 Å². The standard InChI is InChI=1S/C16H26N2O/c1-2-3-4-15-5-7-16(8-6-15)19-14-13-18-11-9-17-10-12-18/h5-8,17H,2-4,9-14H2,1H3. The molecule has 1 aromatic rings. The average Bonchev–Trinajstić information content (AvgIpc) is 2.47. The zero-order chi connectivity index (χ0) is 13.3. The Bertz CT molecular complexity index is 344. The minimum atomic E-state index is 0.786. The first-order valence-corrected chi connectivity index (χ1v) is 7.53. The molecular formula is C16H26N2O. The van der Waals surface area contributed by atoms with Crippen molar-refractivity contribution < 1.29 is 4.74 Å². The molecule has 0 saturated carbocycles. The van der Waals surface area contributed by atoms with Gasteiger partial charge in [0.15, 0.2) is 0 Å². The molecular weight excluding hydrogens is 236 g/mol. The molecule has 1 fully saturated rings. The van der Waals surface area contributed by atoms with Gasteiger partial charge < -0.3 is 10.1 Å². The second kappa shape index (κ2) is 8.18. The van der Waals surface area contributed by atoms with Crippen LogP contribution in [0.1, 0.15) is 25.3 Å². The monoisotopic (exact) mass is 262 g/mol. The summed E-state index contributed by atoms with van der Waals surface area (Å²) in [7, 11) is 0. The topological polar surface area (TPSA) is 24.5 Å². The fraction of sp³-hybridized carbons (Fsp3) is 0.625. The molecule has 1 heterocycles. The highest BCUT2D eigenvalue weighted by molar-refractivity contribution is 5.27. The van der Waals surface area contributed by atoms with E-state index in [-0.39, 0.29) is 0 Å². The van der Waals surface area contributed by atoms with Crippen molar-refractivity contribution in [3.05, 3.63) is 29.8 Å². The summed E-state index contributed by atoms with van der Waals surface area (Å²) < 4.78 is 5.81. The quantitative estimate of drug-likeness (QED) is 0.816. The predicted octanol–water partition coefficient (Wildman–Crippen LogP) is 2.31. The summed E-state index contributed by atoms with van der Waals surface area (Å²) in [5, 5.41) is 3.36. The third kappa shape index (κ3) is 5.21. The maximum atomic E-state index is 5.81. The number of unbranched alkanes of at least 4 members (excludes halogenated alkanes) is 1. The van der Waals surface area contributed by atoms with Crippen molar-refractivity contribution in [3.63, 3.8) is 0 Å². The van der Waals surface area contributed by atoms with Crippen LogP contribution in [0.3, 0.4) is 0 Å². The van der Waals surface area contributed by atoms with Crippen LogP contribution in [0.25, 0.3) is 0 Å². The fourth-order valence-corrected chi connectivity index (χ4v) is 2.36. The van der Waals surface area contributed by atoms with E-state index in [9.17, 15) is 0 Å². The van der Waals surface area contributed by atoms with Gasteiger partial charge in [-0.2, -0.15) is 0 Å². The lowest BCUT2D eigenvalue weighted by atomic mass is 10.1. The van der Waals surface area contributed by atoms with Crippen molar-refractivity contribution in [2.45, 2.75) is 26.2 Å². The van der Waals surface area contributed by atoms with Gasteiger partial charge in [0.25, 0.3) is 0 Å². The molecule has 3 heteroatoms. The number of aryl methyl sites for hydroxylation is 1. The van der Waals surface area contributed by atoms with Crippen LogP contribution in [0.15, 0.2) is 24.3 Å². The minimum Gasteiger partial charge on any atom is -0.492 e. The molecule has 106 valence electrons. The lowest BCUT2D eigenvalue weighted by Crippen LogP contribution is -2.44. The van der Waals surface area contributed by atoms with Crippen molar-refractivity contribution in [2.24, 2.45) is 0 Å². The number of ether oxygens (including phenoxy) is 1. The van der Waals surface area contributed by atoms with Crippen molar-refractivity contribution in [1.82, 2.24) is 10.2 Å². The van der Waals surface area contributed by atoms with E-state index in [0.29, 0.717) is 0 Å². The van der Waals surface area contributed by atoms with Gasteiger partial charge in [-0.25, -0.2) is 0 Å². The summed E-state index contributed by atoms with van der Waals surface area (Å²) in [5.41, 5.74) is 1.41. The van der Waals surface area contributed by atoms with Gasteiger partial charge in [-0.15, -0.1) is 0 Å². The number of nitrogens with zero attached hydrogens (tertiary/aromatic N) is 1. The zero-order valence-corrected chi connectivity index (χ0v) is 12.0. The Labute approximate surface area is 116 Å². The number of rotatable bonds is 7. The van der Waals surface area contributed by atoms with Crippen molar-refractivity contribution in [1.29, 1.82) is 0 Å². The van der Waals surface area contributed by atoms with Crippen LogP contribution in [0.2, 0.25) is 0 Å². The van der Waals surface area contributed by atoms with E-state index in [2.05, 4.69) is 41.4 Å². The minimum absolute atomic E-state index is 0.786. The Balaban J connectivity index is 1.67. The van der Waals surface area contributed by atoms with Gasteiger partial charge in [0.2, 0.25) is 0 Å². The molecule has 0 aromatic heterocycles. The fourth-order valence-electron chi connectivity index (χ4n) is 2.36. The highest BCUT2D eigenvalue weighted by Gasteiger charge is 2.08. The van der Waals surface area contributed by atoms with E-state index in [1.807, 2.05) is 0 Å². The molecule has 1 saturated heterocycles. The van der Waals surface area contributed by atoms with Gasteiger partial charge in [-0.3, -0.25) is 4.90 Å². The molecule has 1 aliphatic rings. The van der Waals surface area contributed by atoms with Crippen molar-refractivity contribution in [3.8, 4) is 5.75 Å². The SMILES string of the molecule is CCCCc1ccc(OCCN2CCNCC2)cc1. The molecule has 3 nitrogen and oxygen atoms in total. The first-order chi connectivity index (χ1) is 9.38. The summed E-state index contributed by atoms with van der Waals surface area (Å²) in [6.45, 7) is 8.53. The van der Waals surface area contributed by atoms with Crippen LogP contribution in [0.4, 0.5) is 0 Å². The third-order valence-corrected chi connectivity index (χ3v) is 3.63. The molecule has 0 spiro atoms. The van der Waals surface area contributed by atoms with Crippen molar-refractivity contribution in [2.75, 3.05) is 39.3 Å². The number of piperazine rings is 1. The largest absolute Gasteiger partial charge is 0.492 e. The summed E-state index contributed by atoms with van der Waals surface area (Å²) in [4.78, 5) is 2.45. The molecule has 0 unspecified atom stereocenters. The Morgan fingerprint density at radius 1 is 1.16 bits per heavy atom. The molecule has 19 heavy (non-hydrogen) atoms. The van der Waals surface area contributed by atoms with Crippen LogP contribution in [0.5, 0.6) is 5.75 Å². The van der Waals surface area contributed by atoms with Gasteiger partial charge in [-0.1, -0.05) is 25.5 Å². The Hall–Kier alpha value is -1.06. The van der Waals surface area contributed by atoms with Crippen LogP contribution in [0, 0.1) is 0 Å². The van der Waals surface area contributed by atoms with Gasteiger partial charge >= 0.3 is 0 Å². The molecule has 0 amide bonds. The number of hydrogen-bond acceptors (Lipinski definition) is 3. The smallest absolute Gasteiger partial charge is 0.119 e. The molecule has 0 bridgehead atoms. The van der Waals surface area contributed by atoms with Crippen LogP contribution in [-0.2, 0) is 6.42 Å². The second-order valence-corrected chi connectivity index (χ2v) is 5.19. The van der Waals surface area contributed by atoms with E-state index >= 15 is 0 Å². The van der Waals surface area contributed by atoms with Gasteiger partial charge in [0.1, 0.15) is 12.4 Å². The molecule has 0 aliphatic carbocycles. The first kappa shape index (κ1) is 14.4. The van der Waals surface area contributed by atoms with Gasteiger partial charge in [-0.05, 0) is 30.5 Å². The number of benzene rings is 1. The molecule has 0 radical (unpaired) electrons. The van der Waals surface area contributed by atoms with Gasteiger partial charge in [0.05, 0.1) is 0 Å². The maximum absolute atomic E-state index is 5.81. The predicted molar refractivity (Wildman–Crippen MR) is 79.9 cm³/mol. The van der Waals surface area contributed by atoms with E-state index in [0.717, 1.165) is 45.1 Å². The Morgan fingerprint density at radius 3 is 2.58 bits per heavy atom. The van der Waals surface area contributed by atoms with E-state index in [4.69, 9.17) is 4.74 Å². The third-order valence-electron chi connectivity index (χ3n) is 3.63. The van der Waals surface area contributed by atoms with E-state index in [1.54, 1.807) is 0 Å². The Morgan fingerprint density at radius 2 is 1.89 bits per heavy atom. The summed E-state index contributed by atoms with van der Waals surface area (Å²) >= 11 is 0. The summed E-state index contributed by atoms with van der Waals surface area (Å²) in [6.07, 6.45) is 3.70. The lowest BCUT2D eigenvalue weighted by molar-refractivity contribution is 0.191. The molecule has 2 rings (SSSR count). The summed E-state index contributed by atoms with van der Waals surface area (Å²) in [5.74, 6) is 0.996. The maximum Gasteiger partial charge on any atom is 0.119 e. The highest BCUT2D eigenvalue weighted by atomic mass is 16.5. The van der Waals surface area contributed by atoms with Crippen LogP contribution >= 0.6 is 0 Å². The highest BCUT2D eigenvalue weighted by Crippen LogP contribution is 2.13. The molecule has 1 aromatic carbocycles. The lowest BCUT2D eigenvalue weighted by Gasteiger charge is -2.26. The van der Waals surface area contributed by atoms with Crippen LogP contribution in [-0.4, -0.2) is 44.2 Å². The zero-order valence-electron chi connectivity index (χ0n) is 12.0. The van der Waals surface area contributed by atoms with Crippen molar-refractivity contribution >= 4 is 0 Å². The Kier molecular flexibility index (Phi) is 6.18. The average molecular weight is 262 g/mol.